The minimum absolute atomic E-state index is 0.288. The highest BCUT2D eigenvalue weighted by Gasteiger charge is 2.24. The van der Waals surface area contributed by atoms with Gasteiger partial charge in [0.1, 0.15) is 4.88 Å². The van der Waals surface area contributed by atoms with Gasteiger partial charge in [0.25, 0.3) is 0 Å². The number of aromatic carboxylic acids is 1. The zero-order chi connectivity index (χ0) is 14.8. The van der Waals surface area contributed by atoms with Crippen molar-refractivity contribution in [3.8, 4) is 0 Å². The van der Waals surface area contributed by atoms with Gasteiger partial charge in [-0.3, -0.25) is 0 Å². The van der Waals surface area contributed by atoms with Crippen LogP contribution in [0.4, 0.5) is 0 Å². The summed E-state index contributed by atoms with van der Waals surface area (Å²) in [6.45, 7) is 4.39. The number of nitrogens with one attached hydrogen (secondary N) is 1. The van der Waals surface area contributed by atoms with Crippen LogP contribution in [0.1, 0.15) is 28.6 Å². The Morgan fingerprint density at radius 2 is 2.29 bits per heavy atom. The van der Waals surface area contributed by atoms with E-state index in [1.54, 1.807) is 0 Å². The van der Waals surface area contributed by atoms with Gasteiger partial charge in [-0.2, -0.15) is 0 Å². The Kier molecular flexibility index (Phi) is 4.24. The predicted molar refractivity (Wildman–Crippen MR) is 84.0 cm³/mol. The molecule has 4 nitrogen and oxygen atoms in total. The minimum atomic E-state index is -0.842. The van der Waals surface area contributed by atoms with Crippen LogP contribution in [0, 0.1) is 5.92 Å². The molecule has 3 rings (SSSR count). The number of carboxylic acids is 1. The molecular formula is C16H19NO3S. The van der Waals surface area contributed by atoms with Crippen molar-refractivity contribution in [2.24, 2.45) is 5.92 Å². The molecule has 2 aromatic rings. The smallest absolute Gasteiger partial charge is 0.346 e. The standard InChI is InChI=1S/C16H19NO3S/c1-10-11(6-7-20-10)8-17-9-13-12-4-2-3-5-14(12)21-15(13)16(18)19/h2-5,10-11,17H,6-9H2,1H3,(H,18,19). The Balaban J connectivity index is 1.76. The number of benzene rings is 1. The van der Waals surface area contributed by atoms with Crippen LogP contribution >= 0.6 is 11.3 Å². The van der Waals surface area contributed by atoms with Gasteiger partial charge < -0.3 is 15.2 Å². The van der Waals surface area contributed by atoms with E-state index in [4.69, 9.17) is 4.74 Å². The van der Waals surface area contributed by atoms with Gasteiger partial charge in [-0.05, 0) is 36.3 Å². The molecular weight excluding hydrogens is 286 g/mol. The molecule has 1 aromatic carbocycles. The largest absolute Gasteiger partial charge is 0.477 e. The van der Waals surface area contributed by atoms with Gasteiger partial charge >= 0.3 is 5.97 Å². The molecule has 1 aliphatic heterocycles. The van der Waals surface area contributed by atoms with E-state index in [9.17, 15) is 9.90 Å². The van der Waals surface area contributed by atoms with Crippen LogP contribution in [-0.2, 0) is 11.3 Å². The number of thiophene rings is 1. The molecule has 21 heavy (non-hydrogen) atoms. The van der Waals surface area contributed by atoms with Crippen LogP contribution in [-0.4, -0.2) is 30.3 Å². The molecule has 5 heteroatoms. The van der Waals surface area contributed by atoms with Gasteiger partial charge in [-0.25, -0.2) is 4.79 Å². The number of fused-ring (bicyclic) bond motifs is 1. The molecule has 2 heterocycles. The molecule has 0 bridgehead atoms. The monoisotopic (exact) mass is 305 g/mol. The molecule has 112 valence electrons. The first-order valence-electron chi connectivity index (χ1n) is 7.23. The van der Waals surface area contributed by atoms with Gasteiger partial charge in [0, 0.05) is 24.4 Å². The average molecular weight is 305 g/mol. The first-order valence-corrected chi connectivity index (χ1v) is 8.04. The lowest BCUT2D eigenvalue weighted by Crippen LogP contribution is -2.27. The Bertz CT molecular complexity index is 652. The lowest BCUT2D eigenvalue weighted by Gasteiger charge is -2.14. The third-order valence-corrected chi connectivity index (χ3v) is 5.34. The van der Waals surface area contributed by atoms with E-state index in [0.29, 0.717) is 17.3 Å². The summed E-state index contributed by atoms with van der Waals surface area (Å²) >= 11 is 1.35. The maximum Gasteiger partial charge on any atom is 0.346 e. The number of hydrogen-bond acceptors (Lipinski definition) is 4. The summed E-state index contributed by atoms with van der Waals surface area (Å²) in [4.78, 5) is 11.9. The summed E-state index contributed by atoms with van der Waals surface area (Å²) in [5.41, 5.74) is 0.898. The zero-order valence-electron chi connectivity index (χ0n) is 12.0. The third-order valence-electron chi connectivity index (χ3n) is 4.13. The van der Waals surface area contributed by atoms with E-state index in [-0.39, 0.29) is 6.10 Å². The summed E-state index contributed by atoms with van der Waals surface area (Å²) in [7, 11) is 0. The lowest BCUT2D eigenvalue weighted by atomic mass is 10.0. The van der Waals surface area contributed by atoms with Crippen molar-refractivity contribution in [1.29, 1.82) is 0 Å². The second kappa shape index (κ2) is 6.13. The Morgan fingerprint density at radius 3 is 3.00 bits per heavy atom. The first-order chi connectivity index (χ1) is 10.2. The Morgan fingerprint density at radius 1 is 1.48 bits per heavy atom. The first kappa shape index (κ1) is 14.5. The lowest BCUT2D eigenvalue weighted by molar-refractivity contribution is 0.0701. The minimum Gasteiger partial charge on any atom is -0.477 e. The molecule has 1 saturated heterocycles. The Hall–Kier alpha value is -1.43. The van der Waals surface area contributed by atoms with E-state index in [1.807, 2.05) is 24.3 Å². The zero-order valence-corrected chi connectivity index (χ0v) is 12.8. The summed E-state index contributed by atoms with van der Waals surface area (Å²) in [6.07, 6.45) is 1.36. The molecule has 1 aromatic heterocycles. The van der Waals surface area contributed by atoms with E-state index in [1.165, 1.54) is 11.3 Å². The van der Waals surface area contributed by atoms with Gasteiger partial charge in [0.05, 0.1) is 6.10 Å². The Labute approximate surface area is 127 Å². The normalized spacial score (nSPS) is 22.0. The van der Waals surface area contributed by atoms with Crippen molar-refractivity contribution in [2.75, 3.05) is 13.2 Å². The van der Waals surface area contributed by atoms with Crippen molar-refractivity contribution in [3.63, 3.8) is 0 Å². The highest BCUT2D eigenvalue weighted by molar-refractivity contribution is 7.21. The fraction of sp³-hybridized carbons (Fsp3) is 0.438. The molecule has 0 radical (unpaired) electrons. The fourth-order valence-electron chi connectivity index (χ4n) is 2.87. The van der Waals surface area contributed by atoms with Crippen molar-refractivity contribution in [3.05, 3.63) is 34.7 Å². The van der Waals surface area contributed by atoms with E-state index in [2.05, 4.69) is 12.2 Å². The molecule has 0 aliphatic carbocycles. The van der Waals surface area contributed by atoms with Crippen LogP contribution in [0.2, 0.25) is 0 Å². The van der Waals surface area contributed by atoms with Gasteiger partial charge in [0.15, 0.2) is 0 Å². The van der Waals surface area contributed by atoms with Crippen molar-refractivity contribution >= 4 is 27.4 Å². The van der Waals surface area contributed by atoms with Crippen LogP contribution < -0.4 is 5.32 Å². The van der Waals surface area contributed by atoms with Gasteiger partial charge in [-0.15, -0.1) is 11.3 Å². The molecule has 2 atom stereocenters. The molecule has 0 spiro atoms. The number of carbonyl (C=O) groups is 1. The summed E-state index contributed by atoms with van der Waals surface area (Å²) in [5, 5.41) is 13.8. The summed E-state index contributed by atoms with van der Waals surface area (Å²) in [6, 6.07) is 7.87. The number of rotatable bonds is 5. The van der Waals surface area contributed by atoms with Crippen LogP contribution in [0.3, 0.4) is 0 Å². The number of hydrogen-bond donors (Lipinski definition) is 2. The van der Waals surface area contributed by atoms with Crippen LogP contribution in [0.25, 0.3) is 10.1 Å². The second-order valence-corrected chi connectivity index (χ2v) is 6.52. The fourth-order valence-corrected chi connectivity index (χ4v) is 3.93. The maximum absolute atomic E-state index is 11.4. The molecule has 1 fully saturated rings. The quantitative estimate of drug-likeness (QED) is 0.891. The van der Waals surface area contributed by atoms with Crippen molar-refractivity contribution in [1.82, 2.24) is 5.32 Å². The van der Waals surface area contributed by atoms with Crippen molar-refractivity contribution in [2.45, 2.75) is 26.0 Å². The third kappa shape index (κ3) is 2.95. The van der Waals surface area contributed by atoms with Crippen LogP contribution in [0.15, 0.2) is 24.3 Å². The highest BCUT2D eigenvalue weighted by atomic mass is 32.1. The highest BCUT2D eigenvalue weighted by Crippen LogP contribution is 2.31. The average Bonchev–Trinajstić information content (AvgIpc) is 3.04. The number of carboxylic acid groups (broad SMARTS) is 1. The topological polar surface area (TPSA) is 58.6 Å². The molecule has 0 amide bonds. The maximum atomic E-state index is 11.4. The molecule has 2 unspecified atom stereocenters. The van der Waals surface area contributed by atoms with Crippen molar-refractivity contribution < 1.29 is 14.6 Å². The summed E-state index contributed by atoms with van der Waals surface area (Å²) in [5.74, 6) is -0.325. The van der Waals surface area contributed by atoms with E-state index in [0.717, 1.165) is 35.2 Å². The van der Waals surface area contributed by atoms with Crippen LogP contribution in [0.5, 0.6) is 0 Å². The molecule has 2 N–H and O–H groups in total. The van der Waals surface area contributed by atoms with Gasteiger partial charge in [-0.1, -0.05) is 18.2 Å². The van der Waals surface area contributed by atoms with Gasteiger partial charge in [0.2, 0.25) is 0 Å². The molecule has 0 saturated carbocycles. The SMILES string of the molecule is CC1OCCC1CNCc1c(C(=O)O)sc2ccccc12. The molecule has 1 aliphatic rings. The predicted octanol–water partition coefficient (Wildman–Crippen LogP) is 3.11. The van der Waals surface area contributed by atoms with E-state index < -0.39 is 5.97 Å². The second-order valence-electron chi connectivity index (χ2n) is 5.47. The summed E-state index contributed by atoms with van der Waals surface area (Å²) < 4.78 is 6.59. The number of ether oxygens (including phenoxy) is 1. The van der Waals surface area contributed by atoms with E-state index >= 15 is 0 Å².